The third-order valence-corrected chi connectivity index (χ3v) is 12.5. The van der Waals surface area contributed by atoms with Crippen molar-refractivity contribution in [2.24, 2.45) is 46.3 Å². The van der Waals surface area contributed by atoms with Crippen molar-refractivity contribution < 1.29 is 23.8 Å². The van der Waals surface area contributed by atoms with Crippen LogP contribution in [0, 0.1) is 46.3 Å². The Kier molecular flexibility index (Phi) is 7.49. The predicted molar refractivity (Wildman–Crippen MR) is 144 cm³/mol. The molecule has 5 nitrogen and oxygen atoms in total. The van der Waals surface area contributed by atoms with E-state index in [-0.39, 0.29) is 24.1 Å². The zero-order chi connectivity index (χ0) is 26.8. The van der Waals surface area contributed by atoms with Crippen LogP contribution in [0.25, 0.3) is 0 Å². The molecule has 5 aliphatic rings. The van der Waals surface area contributed by atoms with E-state index in [9.17, 15) is 9.59 Å². The van der Waals surface area contributed by atoms with E-state index in [4.69, 9.17) is 25.8 Å². The van der Waals surface area contributed by atoms with Gasteiger partial charge in [-0.25, -0.2) is 0 Å². The van der Waals surface area contributed by atoms with E-state index in [0.29, 0.717) is 29.6 Å². The number of hydrogen-bond acceptors (Lipinski definition) is 5. The predicted octanol–water partition coefficient (Wildman–Crippen LogP) is 7.28. The SMILES string of the molecule is CC(=O)O[C@H]1CC[C@@]23[C@@H](OC(C)=O)O[C@H](C[C@@H]4[C@H]5CC[C@@H]([C@@H](C)CCCC(C)C)[C@@]5(C)CC[C@H]42)[C@@]3(Cl)C1. The number of rotatable bonds is 7. The van der Waals surface area contributed by atoms with Crippen LogP contribution in [0.15, 0.2) is 0 Å². The van der Waals surface area contributed by atoms with Gasteiger partial charge in [-0.05, 0) is 85.9 Å². The molecule has 4 saturated carbocycles. The molecule has 5 fully saturated rings. The first-order chi connectivity index (χ1) is 17.4. The number of halogens is 1. The lowest BCUT2D eigenvalue weighted by Gasteiger charge is -2.62. The van der Waals surface area contributed by atoms with E-state index in [1.807, 2.05) is 0 Å². The fourth-order valence-corrected chi connectivity index (χ4v) is 11.0. The molecular formula is C31H49ClO5. The number of fused-ring (bicyclic) bond motifs is 3. The van der Waals surface area contributed by atoms with E-state index in [1.165, 1.54) is 52.4 Å². The van der Waals surface area contributed by atoms with Crippen LogP contribution in [0.5, 0.6) is 0 Å². The molecule has 4 aliphatic carbocycles. The summed E-state index contributed by atoms with van der Waals surface area (Å²) >= 11 is 7.64. The minimum atomic E-state index is -0.664. The van der Waals surface area contributed by atoms with E-state index in [1.54, 1.807) is 0 Å². The summed E-state index contributed by atoms with van der Waals surface area (Å²) in [5.74, 6) is 3.37. The first-order valence-corrected chi connectivity index (χ1v) is 15.5. The molecule has 1 saturated heterocycles. The number of carbonyl (C=O) groups is 2. The summed E-state index contributed by atoms with van der Waals surface area (Å²) in [7, 11) is 0. The van der Waals surface area contributed by atoms with Gasteiger partial charge < -0.3 is 14.2 Å². The van der Waals surface area contributed by atoms with E-state index in [0.717, 1.165) is 43.4 Å². The molecule has 0 amide bonds. The van der Waals surface area contributed by atoms with Crippen molar-refractivity contribution in [3.63, 3.8) is 0 Å². The van der Waals surface area contributed by atoms with Crippen molar-refractivity contribution in [2.75, 3.05) is 0 Å². The number of esters is 2. The quantitative estimate of drug-likeness (QED) is 0.253. The van der Waals surface area contributed by atoms with Gasteiger partial charge in [0.1, 0.15) is 6.10 Å². The molecule has 1 aliphatic heterocycles. The maximum absolute atomic E-state index is 12.2. The van der Waals surface area contributed by atoms with Gasteiger partial charge in [-0.2, -0.15) is 0 Å². The van der Waals surface area contributed by atoms with E-state index in [2.05, 4.69) is 27.7 Å². The topological polar surface area (TPSA) is 61.8 Å². The van der Waals surface area contributed by atoms with Crippen molar-refractivity contribution in [1.82, 2.24) is 0 Å². The molecule has 6 heteroatoms. The van der Waals surface area contributed by atoms with Gasteiger partial charge in [0, 0.05) is 20.3 Å². The smallest absolute Gasteiger partial charge is 0.304 e. The Morgan fingerprint density at radius 3 is 2.38 bits per heavy atom. The summed E-state index contributed by atoms with van der Waals surface area (Å²) in [5, 5.41) is 0. The molecule has 0 aromatic rings. The lowest BCUT2D eigenvalue weighted by Crippen LogP contribution is -2.65. The average Bonchev–Trinajstić information content (AvgIpc) is 3.20. The van der Waals surface area contributed by atoms with Gasteiger partial charge in [-0.15, -0.1) is 11.6 Å². The molecule has 2 bridgehead atoms. The molecule has 37 heavy (non-hydrogen) atoms. The van der Waals surface area contributed by atoms with E-state index >= 15 is 0 Å². The van der Waals surface area contributed by atoms with Gasteiger partial charge in [0.25, 0.3) is 0 Å². The van der Waals surface area contributed by atoms with Gasteiger partial charge in [-0.1, -0.05) is 47.0 Å². The minimum absolute atomic E-state index is 0.178. The molecule has 0 radical (unpaired) electrons. The third-order valence-electron chi connectivity index (χ3n) is 11.8. The second-order valence-corrected chi connectivity index (χ2v) is 14.8. The Balaban J connectivity index is 1.41. The van der Waals surface area contributed by atoms with Crippen LogP contribution in [0.4, 0.5) is 0 Å². The summed E-state index contributed by atoms with van der Waals surface area (Å²) in [6, 6.07) is 0. The number of carbonyl (C=O) groups excluding carboxylic acids is 2. The van der Waals surface area contributed by atoms with Crippen LogP contribution >= 0.6 is 11.6 Å². The summed E-state index contributed by atoms with van der Waals surface area (Å²) in [6.07, 6.45) is 11.0. The monoisotopic (exact) mass is 536 g/mol. The van der Waals surface area contributed by atoms with Crippen LogP contribution in [0.1, 0.15) is 112 Å². The standard InChI is InChI=1S/C31H49ClO5/c1-18(2)8-7-9-19(3)24-10-11-25-23-16-27-31(32)17-22(35-20(4)33)12-15-30(31,28(37-27)36-21(5)34)26(23)13-14-29(24,25)6/h18-19,22-28H,7-17H2,1-6H3/t19-,22-,23+,24-,25+,26+,27+,28-,29+,30-,31-/m0/s1. The fraction of sp³-hybridized carbons (Fsp3) is 0.935. The highest BCUT2D eigenvalue weighted by molar-refractivity contribution is 6.25. The summed E-state index contributed by atoms with van der Waals surface area (Å²) < 4.78 is 18.2. The average molecular weight is 537 g/mol. The highest BCUT2D eigenvalue weighted by Crippen LogP contribution is 2.74. The van der Waals surface area contributed by atoms with Crippen LogP contribution in [0.2, 0.25) is 0 Å². The van der Waals surface area contributed by atoms with Crippen molar-refractivity contribution in [3.05, 3.63) is 0 Å². The third kappa shape index (κ3) is 4.37. The molecule has 1 heterocycles. The van der Waals surface area contributed by atoms with Gasteiger partial charge in [-0.3, -0.25) is 9.59 Å². The second kappa shape index (κ2) is 9.98. The lowest BCUT2D eigenvalue weighted by molar-refractivity contribution is -0.203. The highest BCUT2D eigenvalue weighted by Gasteiger charge is 2.77. The van der Waals surface area contributed by atoms with Crippen LogP contribution in [-0.4, -0.2) is 35.3 Å². The normalized spacial score (nSPS) is 47.1. The molecule has 0 unspecified atom stereocenters. The van der Waals surface area contributed by atoms with Crippen molar-refractivity contribution in [3.8, 4) is 0 Å². The maximum Gasteiger partial charge on any atom is 0.304 e. The number of hydrogen-bond donors (Lipinski definition) is 0. The molecule has 0 aromatic heterocycles. The van der Waals surface area contributed by atoms with Crippen molar-refractivity contribution >= 4 is 23.5 Å². The van der Waals surface area contributed by atoms with Crippen LogP contribution in [0.3, 0.4) is 0 Å². The zero-order valence-electron chi connectivity index (χ0n) is 23.9. The Bertz CT molecular complexity index is 891. The first kappa shape index (κ1) is 27.7. The summed E-state index contributed by atoms with van der Waals surface area (Å²) in [6.45, 7) is 12.7. The van der Waals surface area contributed by atoms with Crippen LogP contribution in [-0.2, 0) is 23.8 Å². The second-order valence-electron chi connectivity index (χ2n) is 14.1. The van der Waals surface area contributed by atoms with Gasteiger partial charge in [0.2, 0.25) is 6.29 Å². The number of ether oxygens (including phenoxy) is 3. The largest absolute Gasteiger partial charge is 0.462 e. The fourth-order valence-electron chi connectivity index (χ4n) is 10.4. The molecule has 0 N–H and O–H groups in total. The molecule has 5 rings (SSSR count). The number of alkyl halides is 1. The van der Waals surface area contributed by atoms with Crippen molar-refractivity contribution in [1.29, 1.82) is 0 Å². The van der Waals surface area contributed by atoms with Gasteiger partial charge in [0.15, 0.2) is 0 Å². The molecule has 0 aromatic carbocycles. The van der Waals surface area contributed by atoms with Gasteiger partial charge >= 0.3 is 11.9 Å². The van der Waals surface area contributed by atoms with Crippen molar-refractivity contribution in [2.45, 2.75) is 136 Å². The highest BCUT2D eigenvalue weighted by atomic mass is 35.5. The molecular weight excluding hydrogens is 488 g/mol. The minimum Gasteiger partial charge on any atom is -0.462 e. The molecule has 0 spiro atoms. The Hall–Kier alpha value is -0.810. The van der Waals surface area contributed by atoms with E-state index < -0.39 is 16.6 Å². The Morgan fingerprint density at radius 1 is 0.973 bits per heavy atom. The lowest BCUT2D eigenvalue weighted by atomic mass is 9.43. The summed E-state index contributed by atoms with van der Waals surface area (Å²) in [5.41, 5.74) is -0.0422. The Morgan fingerprint density at radius 2 is 1.70 bits per heavy atom. The first-order valence-electron chi connectivity index (χ1n) is 15.1. The maximum atomic E-state index is 12.2. The Labute approximate surface area is 229 Å². The zero-order valence-corrected chi connectivity index (χ0v) is 24.6. The molecule has 210 valence electrons. The van der Waals surface area contributed by atoms with Crippen LogP contribution < -0.4 is 0 Å². The molecule has 11 atom stereocenters. The van der Waals surface area contributed by atoms with Gasteiger partial charge in [0.05, 0.1) is 16.4 Å². The summed E-state index contributed by atoms with van der Waals surface area (Å²) in [4.78, 5) is 23.3.